The zero-order valence-electron chi connectivity index (χ0n) is 12.4. The normalized spacial score (nSPS) is 26.7. The molecule has 1 nitrogen and oxygen atoms in total. The van der Waals surface area contributed by atoms with Gasteiger partial charge in [-0.3, -0.25) is 0 Å². The predicted octanol–water partition coefficient (Wildman–Crippen LogP) is 5.41. The highest BCUT2D eigenvalue weighted by atomic mass is 19.1. The Balaban J connectivity index is 1.79. The molecular weight excluding hydrogens is 280 g/mol. The third-order valence-electron chi connectivity index (χ3n) is 5.18. The first-order chi connectivity index (χ1) is 10.7. The predicted molar refractivity (Wildman–Crippen MR) is 83.9 cm³/mol. The molecule has 0 aromatic heterocycles. The minimum absolute atomic E-state index is 0.110. The summed E-state index contributed by atoms with van der Waals surface area (Å²) in [7, 11) is 0. The van der Waals surface area contributed by atoms with Crippen molar-refractivity contribution >= 4 is 5.69 Å². The summed E-state index contributed by atoms with van der Waals surface area (Å²) in [5.41, 5.74) is 3.09. The highest BCUT2D eigenvalue weighted by Crippen LogP contribution is 2.51. The van der Waals surface area contributed by atoms with E-state index in [-0.39, 0.29) is 17.7 Å². The molecule has 0 radical (unpaired) electrons. The van der Waals surface area contributed by atoms with E-state index in [0.29, 0.717) is 11.8 Å². The molecule has 0 bridgehead atoms. The Kier molecular flexibility index (Phi) is 3.36. The Morgan fingerprint density at radius 1 is 0.909 bits per heavy atom. The molecule has 4 rings (SSSR count). The average Bonchev–Trinajstić information content (AvgIpc) is 2.54. The third-order valence-corrected chi connectivity index (χ3v) is 5.18. The lowest BCUT2D eigenvalue weighted by molar-refractivity contribution is 0.265. The summed E-state index contributed by atoms with van der Waals surface area (Å²) in [6.07, 6.45) is 4.58. The molecule has 2 aliphatic rings. The number of halogens is 2. The van der Waals surface area contributed by atoms with Crippen LogP contribution in [0.15, 0.2) is 42.5 Å². The molecule has 1 saturated carbocycles. The molecule has 0 spiro atoms. The lowest BCUT2D eigenvalue weighted by Gasteiger charge is -2.43. The highest BCUT2D eigenvalue weighted by Gasteiger charge is 2.38. The van der Waals surface area contributed by atoms with Crippen molar-refractivity contribution in [3.63, 3.8) is 0 Å². The maximum absolute atomic E-state index is 13.6. The van der Waals surface area contributed by atoms with E-state index in [1.807, 2.05) is 12.1 Å². The quantitative estimate of drug-likeness (QED) is 0.743. The molecule has 1 fully saturated rings. The van der Waals surface area contributed by atoms with E-state index in [2.05, 4.69) is 5.32 Å². The second-order valence-corrected chi connectivity index (χ2v) is 6.46. The molecule has 3 unspecified atom stereocenters. The smallest absolute Gasteiger partial charge is 0.123 e. The van der Waals surface area contributed by atoms with Gasteiger partial charge in [0.25, 0.3) is 0 Å². The topological polar surface area (TPSA) is 12.0 Å². The van der Waals surface area contributed by atoms with Gasteiger partial charge in [-0.05, 0) is 66.1 Å². The Labute approximate surface area is 129 Å². The molecule has 0 amide bonds. The molecule has 3 heteroatoms. The van der Waals surface area contributed by atoms with Gasteiger partial charge in [-0.1, -0.05) is 25.0 Å². The van der Waals surface area contributed by atoms with E-state index in [0.717, 1.165) is 29.7 Å². The standard InChI is InChI=1S/C19H19F2N/c20-13-5-3-4-12(10-13)19-16-7-2-1-6-15(16)17-11-14(21)8-9-18(17)22-19/h3-5,8-11,15-16,19,22H,1-2,6-7H2. The average molecular weight is 299 g/mol. The van der Waals surface area contributed by atoms with E-state index in [4.69, 9.17) is 0 Å². The van der Waals surface area contributed by atoms with E-state index in [9.17, 15) is 8.78 Å². The molecule has 1 N–H and O–H groups in total. The molecular formula is C19H19F2N. The van der Waals surface area contributed by atoms with Crippen molar-refractivity contribution in [3.05, 3.63) is 65.2 Å². The molecule has 22 heavy (non-hydrogen) atoms. The summed E-state index contributed by atoms with van der Waals surface area (Å²) in [5.74, 6) is 0.407. The Morgan fingerprint density at radius 2 is 1.73 bits per heavy atom. The number of hydrogen-bond donors (Lipinski definition) is 1. The Hall–Kier alpha value is -1.90. The number of benzene rings is 2. The van der Waals surface area contributed by atoms with Crippen LogP contribution in [-0.2, 0) is 0 Å². The van der Waals surface area contributed by atoms with Crippen LogP contribution in [0.4, 0.5) is 14.5 Å². The number of anilines is 1. The number of hydrogen-bond acceptors (Lipinski definition) is 1. The summed E-state index contributed by atoms with van der Waals surface area (Å²) in [6, 6.07) is 12.0. The fourth-order valence-corrected chi connectivity index (χ4v) is 4.22. The number of nitrogens with one attached hydrogen (secondary N) is 1. The molecule has 2 aromatic carbocycles. The van der Waals surface area contributed by atoms with Gasteiger partial charge in [-0.2, -0.15) is 0 Å². The van der Waals surface area contributed by atoms with Crippen molar-refractivity contribution in [3.8, 4) is 0 Å². The molecule has 1 heterocycles. The first-order valence-electron chi connectivity index (χ1n) is 8.04. The van der Waals surface area contributed by atoms with Crippen LogP contribution in [0.1, 0.15) is 48.8 Å². The van der Waals surface area contributed by atoms with Crippen molar-refractivity contribution in [2.24, 2.45) is 5.92 Å². The molecule has 3 atom stereocenters. The van der Waals surface area contributed by atoms with Crippen LogP contribution in [0.5, 0.6) is 0 Å². The third kappa shape index (κ3) is 2.29. The van der Waals surface area contributed by atoms with Crippen LogP contribution >= 0.6 is 0 Å². The fourth-order valence-electron chi connectivity index (χ4n) is 4.22. The van der Waals surface area contributed by atoms with Gasteiger partial charge in [0.15, 0.2) is 0 Å². The molecule has 2 aromatic rings. The van der Waals surface area contributed by atoms with Gasteiger partial charge in [0.05, 0.1) is 6.04 Å². The molecule has 1 aliphatic carbocycles. The van der Waals surface area contributed by atoms with Crippen molar-refractivity contribution in [2.75, 3.05) is 5.32 Å². The fraction of sp³-hybridized carbons (Fsp3) is 0.368. The van der Waals surface area contributed by atoms with Gasteiger partial charge in [0.2, 0.25) is 0 Å². The SMILES string of the molecule is Fc1cccc(C2Nc3ccc(F)cc3C3CCCCC32)c1. The first kappa shape index (κ1) is 13.7. The maximum Gasteiger partial charge on any atom is 0.123 e. The van der Waals surface area contributed by atoms with Gasteiger partial charge in [-0.15, -0.1) is 0 Å². The minimum atomic E-state index is -0.198. The van der Waals surface area contributed by atoms with Crippen molar-refractivity contribution < 1.29 is 8.78 Å². The van der Waals surface area contributed by atoms with Crippen LogP contribution in [-0.4, -0.2) is 0 Å². The lowest BCUT2D eigenvalue weighted by atomic mass is 9.68. The monoisotopic (exact) mass is 299 g/mol. The van der Waals surface area contributed by atoms with Crippen molar-refractivity contribution in [1.29, 1.82) is 0 Å². The van der Waals surface area contributed by atoms with E-state index in [1.54, 1.807) is 18.2 Å². The van der Waals surface area contributed by atoms with Crippen LogP contribution in [0.25, 0.3) is 0 Å². The summed E-state index contributed by atoms with van der Waals surface area (Å²) >= 11 is 0. The maximum atomic E-state index is 13.6. The number of rotatable bonds is 1. The van der Waals surface area contributed by atoms with Gasteiger partial charge in [0, 0.05) is 5.69 Å². The van der Waals surface area contributed by atoms with Crippen molar-refractivity contribution in [1.82, 2.24) is 0 Å². The van der Waals surface area contributed by atoms with Gasteiger partial charge < -0.3 is 5.32 Å². The van der Waals surface area contributed by atoms with Crippen molar-refractivity contribution in [2.45, 2.75) is 37.6 Å². The van der Waals surface area contributed by atoms with Crippen LogP contribution in [0.2, 0.25) is 0 Å². The number of fused-ring (bicyclic) bond motifs is 3. The van der Waals surface area contributed by atoms with Gasteiger partial charge in [-0.25, -0.2) is 8.78 Å². The molecule has 114 valence electrons. The van der Waals surface area contributed by atoms with E-state index >= 15 is 0 Å². The largest absolute Gasteiger partial charge is 0.378 e. The second kappa shape index (κ2) is 5.38. The van der Waals surface area contributed by atoms with E-state index in [1.165, 1.54) is 25.0 Å². The summed E-state index contributed by atoms with van der Waals surface area (Å²) in [5, 5.41) is 3.53. The summed E-state index contributed by atoms with van der Waals surface area (Å²) in [4.78, 5) is 0. The Morgan fingerprint density at radius 3 is 2.59 bits per heavy atom. The first-order valence-corrected chi connectivity index (χ1v) is 8.04. The minimum Gasteiger partial charge on any atom is -0.378 e. The van der Waals surface area contributed by atoms with Gasteiger partial charge >= 0.3 is 0 Å². The molecule has 0 saturated heterocycles. The molecule has 1 aliphatic heterocycles. The second-order valence-electron chi connectivity index (χ2n) is 6.46. The van der Waals surface area contributed by atoms with Gasteiger partial charge in [0.1, 0.15) is 11.6 Å². The zero-order chi connectivity index (χ0) is 15.1. The van der Waals surface area contributed by atoms with Crippen LogP contribution in [0, 0.1) is 17.6 Å². The van der Waals surface area contributed by atoms with Crippen LogP contribution < -0.4 is 5.32 Å². The summed E-state index contributed by atoms with van der Waals surface area (Å²) < 4.78 is 27.3. The summed E-state index contributed by atoms with van der Waals surface area (Å²) in [6.45, 7) is 0. The lowest BCUT2D eigenvalue weighted by Crippen LogP contribution is -2.33. The Bertz CT molecular complexity index is 698. The highest BCUT2D eigenvalue weighted by molar-refractivity contribution is 5.58. The zero-order valence-corrected chi connectivity index (χ0v) is 12.4. The van der Waals surface area contributed by atoms with Crippen LogP contribution in [0.3, 0.4) is 0 Å². The van der Waals surface area contributed by atoms with E-state index < -0.39 is 0 Å².